The molecule has 2 aromatic heterocycles. The van der Waals surface area contributed by atoms with Crippen LogP contribution in [0.3, 0.4) is 0 Å². The average molecular weight is 402 g/mol. The number of anilines is 2. The van der Waals surface area contributed by atoms with E-state index in [1.807, 2.05) is 53.4 Å². The van der Waals surface area contributed by atoms with Crippen molar-refractivity contribution in [3.05, 3.63) is 78.0 Å². The van der Waals surface area contributed by atoms with Gasteiger partial charge < -0.3 is 9.40 Å². The van der Waals surface area contributed by atoms with E-state index in [1.165, 1.54) is 22.9 Å². The van der Waals surface area contributed by atoms with Crippen molar-refractivity contribution >= 4 is 29.0 Å². The normalized spacial score (nSPS) is 12.9. The molecule has 0 saturated heterocycles. The van der Waals surface area contributed by atoms with Gasteiger partial charge in [-0.25, -0.2) is 0 Å². The van der Waals surface area contributed by atoms with Gasteiger partial charge in [0.1, 0.15) is 5.69 Å². The molecular formula is C22H18N4O2S. The average Bonchev–Trinajstić information content (AvgIpc) is 3.41. The number of para-hydroxylation sites is 2. The Morgan fingerprint density at radius 1 is 0.966 bits per heavy atom. The SMILES string of the molecule is O=C(CSc1nnc(-c2ccc[nH]2)o1)N1c2ccccc2CCc2ccccc21. The highest BCUT2D eigenvalue weighted by atomic mass is 32.2. The number of H-pyrrole nitrogens is 1. The Morgan fingerprint density at radius 3 is 2.31 bits per heavy atom. The van der Waals surface area contributed by atoms with E-state index in [2.05, 4.69) is 27.3 Å². The molecule has 0 aliphatic carbocycles. The lowest BCUT2D eigenvalue weighted by molar-refractivity contribution is -0.115. The summed E-state index contributed by atoms with van der Waals surface area (Å²) in [6.45, 7) is 0. The number of aryl methyl sites for hydroxylation is 2. The maximum absolute atomic E-state index is 13.3. The van der Waals surface area contributed by atoms with Crippen LogP contribution in [0.25, 0.3) is 11.6 Å². The summed E-state index contributed by atoms with van der Waals surface area (Å²) in [4.78, 5) is 18.2. The Morgan fingerprint density at radius 2 is 1.66 bits per heavy atom. The second-order valence-corrected chi connectivity index (χ2v) is 7.66. The Bertz CT molecular complexity index is 1110. The molecule has 3 heterocycles. The lowest BCUT2D eigenvalue weighted by atomic mass is 10.0. The van der Waals surface area contributed by atoms with Gasteiger partial charge in [-0.2, -0.15) is 0 Å². The van der Waals surface area contributed by atoms with Crippen LogP contribution in [-0.2, 0) is 17.6 Å². The van der Waals surface area contributed by atoms with E-state index < -0.39 is 0 Å². The summed E-state index contributed by atoms with van der Waals surface area (Å²) in [6, 6.07) is 19.9. The zero-order chi connectivity index (χ0) is 19.6. The molecule has 29 heavy (non-hydrogen) atoms. The number of nitrogens with one attached hydrogen (secondary N) is 1. The first kappa shape index (κ1) is 17.8. The van der Waals surface area contributed by atoms with Crippen molar-refractivity contribution in [3.8, 4) is 11.6 Å². The number of carbonyl (C=O) groups is 1. The molecule has 7 heteroatoms. The summed E-state index contributed by atoms with van der Waals surface area (Å²) in [7, 11) is 0. The molecule has 4 aromatic rings. The minimum Gasteiger partial charge on any atom is -0.410 e. The van der Waals surface area contributed by atoms with Gasteiger partial charge in [-0.1, -0.05) is 48.2 Å². The number of fused-ring (bicyclic) bond motifs is 2. The number of aromatic nitrogens is 3. The third-order valence-corrected chi connectivity index (χ3v) is 5.74. The van der Waals surface area contributed by atoms with Gasteiger partial charge in [0.05, 0.1) is 17.1 Å². The molecule has 0 atom stereocenters. The molecule has 6 nitrogen and oxygen atoms in total. The van der Waals surface area contributed by atoms with Crippen molar-refractivity contribution in [1.82, 2.24) is 15.2 Å². The molecule has 5 rings (SSSR count). The summed E-state index contributed by atoms with van der Waals surface area (Å²) in [5.41, 5.74) is 5.00. The predicted octanol–water partition coefficient (Wildman–Crippen LogP) is 4.62. The zero-order valence-corrected chi connectivity index (χ0v) is 16.4. The molecule has 0 unspecified atom stereocenters. The molecule has 0 saturated carbocycles. The minimum atomic E-state index is -0.0172. The van der Waals surface area contributed by atoms with Crippen molar-refractivity contribution in [2.45, 2.75) is 18.1 Å². The maximum atomic E-state index is 13.3. The lowest BCUT2D eigenvalue weighted by Crippen LogP contribution is -2.28. The monoisotopic (exact) mass is 402 g/mol. The molecule has 0 radical (unpaired) electrons. The highest BCUT2D eigenvalue weighted by Crippen LogP contribution is 2.36. The van der Waals surface area contributed by atoms with Crippen LogP contribution >= 0.6 is 11.8 Å². The summed E-state index contributed by atoms with van der Waals surface area (Å²) in [6.07, 6.45) is 3.62. The highest BCUT2D eigenvalue weighted by molar-refractivity contribution is 7.99. The van der Waals surface area contributed by atoms with Gasteiger partial charge in [-0.3, -0.25) is 9.69 Å². The first-order chi connectivity index (χ1) is 14.3. The fourth-order valence-electron chi connectivity index (χ4n) is 3.58. The number of nitrogens with zero attached hydrogens (tertiary/aromatic N) is 3. The van der Waals surface area contributed by atoms with Crippen molar-refractivity contribution in [2.75, 3.05) is 10.7 Å². The smallest absolute Gasteiger partial charge is 0.277 e. The van der Waals surface area contributed by atoms with E-state index in [9.17, 15) is 4.79 Å². The van der Waals surface area contributed by atoms with Crippen molar-refractivity contribution in [3.63, 3.8) is 0 Å². The van der Waals surface area contributed by atoms with E-state index in [0.717, 1.165) is 29.9 Å². The van der Waals surface area contributed by atoms with E-state index in [-0.39, 0.29) is 11.7 Å². The third-order valence-electron chi connectivity index (χ3n) is 4.93. The number of aromatic amines is 1. The Hall–Kier alpha value is -3.32. The van der Waals surface area contributed by atoms with Gasteiger partial charge in [0.2, 0.25) is 5.91 Å². The van der Waals surface area contributed by atoms with Crippen LogP contribution in [0.2, 0.25) is 0 Å². The van der Waals surface area contributed by atoms with Crippen molar-refractivity contribution < 1.29 is 9.21 Å². The number of benzene rings is 2. The van der Waals surface area contributed by atoms with Crippen LogP contribution in [0.5, 0.6) is 0 Å². The largest absolute Gasteiger partial charge is 0.410 e. The molecule has 0 bridgehead atoms. The molecule has 0 spiro atoms. The summed E-state index contributed by atoms with van der Waals surface area (Å²) >= 11 is 1.25. The Labute approximate surface area is 172 Å². The first-order valence-electron chi connectivity index (χ1n) is 9.38. The van der Waals surface area contributed by atoms with Crippen LogP contribution in [0, 0.1) is 0 Å². The first-order valence-corrected chi connectivity index (χ1v) is 10.4. The van der Waals surface area contributed by atoms with Gasteiger partial charge in [0.15, 0.2) is 0 Å². The summed E-state index contributed by atoms with van der Waals surface area (Å²) in [5, 5.41) is 8.47. The zero-order valence-electron chi connectivity index (χ0n) is 15.5. The van der Waals surface area contributed by atoms with Gasteiger partial charge in [0.25, 0.3) is 11.1 Å². The van der Waals surface area contributed by atoms with E-state index in [0.29, 0.717) is 11.1 Å². The maximum Gasteiger partial charge on any atom is 0.277 e. The van der Waals surface area contributed by atoms with E-state index >= 15 is 0 Å². The molecule has 1 aliphatic heterocycles. The highest BCUT2D eigenvalue weighted by Gasteiger charge is 2.26. The van der Waals surface area contributed by atoms with Crippen LogP contribution in [0.1, 0.15) is 11.1 Å². The number of hydrogen-bond donors (Lipinski definition) is 1. The predicted molar refractivity (Wildman–Crippen MR) is 112 cm³/mol. The van der Waals surface area contributed by atoms with Crippen LogP contribution < -0.4 is 4.90 Å². The molecule has 1 N–H and O–H groups in total. The number of amides is 1. The number of rotatable bonds is 4. The van der Waals surface area contributed by atoms with Gasteiger partial charge in [-0.05, 0) is 48.2 Å². The second-order valence-electron chi connectivity index (χ2n) is 6.73. The van der Waals surface area contributed by atoms with E-state index in [1.54, 1.807) is 6.20 Å². The lowest BCUT2D eigenvalue weighted by Gasteiger charge is -2.24. The van der Waals surface area contributed by atoms with Crippen molar-refractivity contribution in [1.29, 1.82) is 0 Å². The quantitative estimate of drug-likeness (QED) is 0.504. The van der Waals surface area contributed by atoms with Crippen LogP contribution in [0.15, 0.2) is 76.5 Å². The van der Waals surface area contributed by atoms with Crippen LogP contribution in [-0.4, -0.2) is 26.8 Å². The Balaban J connectivity index is 1.41. The van der Waals surface area contributed by atoms with E-state index in [4.69, 9.17) is 4.42 Å². The standard InChI is InChI=1S/C22H18N4O2S/c27-20(14-29-22-25-24-21(28-22)17-8-5-13-23-17)26-18-9-3-1-6-15(18)11-12-16-7-2-4-10-19(16)26/h1-10,13,23H,11-12,14H2. The number of carbonyl (C=O) groups excluding carboxylic acids is 1. The van der Waals surface area contributed by atoms with Crippen LogP contribution in [0.4, 0.5) is 11.4 Å². The fraction of sp³-hybridized carbons (Fsp3) is 0.136. The molecule has 1 aliphatic rings. The fourth-order valence-corrected chi connectivity index (χ4v) is 4.19. The molecular weight excluding hydrogens is 384 g/mol. The number of thioether (sulfide) groups is 1. The third kappa shape index (κ3) is 3.45. The molecule has 144 valence electrons. The second kappa shape index (κ2) is 7.60. The Kier molecular flexibility index (Phi) is 4.65. The molecule has 0 fully saturated rings. The van der Waals surface area contributed by atoms with Crippen molar-refractivity contribution in [2.24, 2.45) is 0 Å². The summed E-state index contributed by atoms with van der Waals surface area (Å²) in [5.74, 6) is 0.599. The topological polar surface area (TPSA) is 75.0 Å². The summed E-state index contributed by atoms with van der Waals surface area (Å²) < 4.78 is 5.67. The van der Waals surface area contributed by atoms with Gasteiger partial charge in [-0.15, -0.1) is 10.2 Å². The molecule has 1 amide bonds. The molecule has 2 aromatic carbocycles. The minimum absolute atomic E-state index is 0.0172. The van der Waals surface area contributed by atoms with Gasteiger partial charge in [0, 0.05) is 6.20 Å². The number of hydrogen-bond acceptors (Lipinski definition) is 5. The van der Waals surface area contributed by atoms with Gasteiger partial charge >= 0.3 is 0 Å².